The predicted octanol–water partition coefficient (Wildman–Crippen LogP) is 4.01. The second-order valence-electron chi connectivity index (χ2n) is 9.14. The average molecular weight is 483 g/mol. The van der Waals surface area contributed by atoms with Crippen molar-refractivity contribution < 1.29 is 4.79 Å². The minimum Gasteiger partial charge on any atom is -0.369 e. The normalized spacial score (nSPS) is 17.1. The molecule has 3 heterocycles. The van der Waals surface area contributed by atoms with E-state index in [4.69, 9.17) is 22.0 Å². The van der Waals surface area contributed by atoms with Crippen molar-refractivity contribution in [3.8, 4) is 0 Å². The predicted molar refractivity (Wildman–Crippen MR) is 139 cm³/mol. The zero-order valence-electron chi connectivity index (χ0n) is 19.7. The van der Waals surface area contributed by atoms with Gasteiger partial charge < -0.3 is 20.9 Å². The minimum absolute atomic E-state index is 0.0394. The average Bonchev–Trinajstić information content (AvgIpc) is 3.15. The summed E-state index contributed by atoms with van der Waals surface area (Å²) < 4.78 is 0. The van der Waals surface area contributed by atoms with E-state index in [0.717, 1.165) is 69.1 Å². The van der Waals surface area contributed by atoms with Crippen LogP contribution in [0.15, 0.2) is 36.4 Å². The number of hydrogen-bond donors (Lipinski definition) is 4. The molecular formula is C26H35ClN6O. The number of halogens is 1. The molecule has 182 valence electrons. The first-order valence-corrected chi connectivity index (χ1v) is 12.8. The molecule has 0 atom stereocenters. The van der Waals surface area contributed by atoms with Crippen molar-refractivity contribution in [3.63, 3.8) is 0 Å². The smallest absolute Gasteiger partial charge is 0.270 e. The number of hydrogen-bond acceptors (Lipinski definition) is 6. The Morgan fingerprint density at radius 2 is 1.76 bits per heavy atom. The van der Waals surface area contributed by atoms with Crippen LogP contribution in [-0.4, -0.2) is 55.4 Å². The van der Waals surface area contributed by atoms with E-state index in [1.54, 1.807) is 0 Å². The van der Waals surface area contributed by atoms with Gasteiger partial charge >= 0.3 is 0 Å². The first kappa shape index (κ1) is 24.5. The molecule has 0 unspecified atom stereocenters. The van der Waals surface area contributed by atoms with Gasteiger partial charge in [0.1, 0.15) is 17.3 Å². The fraction of sp³-hybridized carbons (Fsp3) is 0.500. The molecule has 7 nitrogen and oxygen atoms in total. The van der Waals surface area contributed by atoms with E-state index in [1.165, 1.54) is 18.4 Å². The maximum atomic E-state index is 12.9. The molecule has 1 aromatic heterocycles. The summed E-state index contributed by atoms with van der Waals surface area (Å²) in [6.07, 6.45) is 7.40. The highest BCUT2D eigenvalue weighted by Gasteiger charge is 2.22. The van der Waals surface area contributed by atoms with Gasteiger partial charge in [-0.2, -0.15) is 0 Å². The fourth-order valence-electron chi connectivity index (χ4n) is 4.58. The molecule has 2 fully saturated rings. The lowest BCUT2D eigenvalue weighted by molar-refractivity contribution is -0.115. The summed E-state index contributed by atoms with van der Waals surface area (Å²) >= 11 is 6.00. The summed E-state index contributed by atoms with van der Waals surface area (Å²) in [5, 5.41) is 19.1. The van der Waals surface area contributed by atoms with Crippen LogP contribution in [-0.2, 0) is 11.2 Å². The van der Waals surface area contributed by atoms with E-state index in [2.05, 4.69) is 20.9 Å². The van der Waals surface area contributed by atoms with E-state index in [1.807, 2.05) is 36.4 Å². The molecule has 4 rings (SSSR count). The van der Waals surface area contributed by atoms with Gasteiger partial charge in [-0.25, -0.2) is 4.98 Å². The maximum absolute atomic E-state index is 12.9. The summed E-state index contributed by atoms with van der Waals surface area (Å²) in [4.78, 5) is 20.1. The van der Waals surface area contributed by atoms with Crippen molar-refractivity contribution in [2.45, 2.75) is 51.0 Å². The van der Waals surface area contributed by atoms with Crippen molar-refractivity contribution >= 4 is 34.9 Å². The third kappa shape index (κ3) is 6.70. The summed E-state index contributed by atoms with van der Waals surface area (Å²) in [6, 6.07) is 11.8. The molecule has 1 amide bonds. The number of nitrogens with zero attached hydrogens (tertiary/aromatic N) is 2. The van der Waals surface area contributed by atoms with E-state index in [9.17, 15) is 4.79 Å². The Morgan fingerprint density at radius 3 is 2.47 bits per heavy atom. The van der Waals surface area contributed by atoms with Gasteiger partial charge in [0.05, 0.1) is 0 Å². The van der Waals surface area contributed by atoms with E-state index < -0.39 is 0 Å². The number of amides is 1. The Kier molecular flexibility index (Phi) is 8.77. The molecule has 34 heavy (non-hydrogen) atoms. The highest BCUT2D eigenvalue weighted by Crippen LogP contribution is 2.23. The van der Waals surface area contributed by atoms with Crippen LogP contribution in [0, 0.1) is 5.41 Å². The zero-order chi connectivity index (χ0) is 23.8. The van der Waals surface area contributed by atoms with Gasteiger partial charge in [0, 0.05) is 36.3 Å². The van der Waals surface area contributed by atoms with Crippen LogP contribution in [0.25, 0.3) is 0 Å². The lowest BCUT2D eigenvalue weighted by atomic mass is 10.1. The molecule has 0 bridgehead atoms. The number of carbonyl (C=O) groups is 1. The van der Waals surface area contributed by atoms with Gasteiger partial charge in [-0.3, -0.25) is 10.2 Å². The summed E-state index contributed by atoms with van der Waals surface area (Å²) in [7, 11) is 0. The Labute approximate surface area is 207 Å². The van der Waals surface area contributed by atoms with E-state index in [0.29, 0.717) is 17.9 Å². The SMILES string of the molecule is N=C(C(=O)NC1CCNCC1)c1ccc(N2CCCCCC2)nc1NCCc1ccc(Cl)cc1. The number of rotatable bonds is 8. The minimum atomic E-state index is -0.336. The lowest BCUT2D eigenvalue weighted by Crippen LogP contribution is -2.45. The highest BCUT2D eigenvalue weighted by atomic mass is 35.5. The molecule has 0 radical (unpaired) electrons. The quantitative estimate of drug-likeness (QED) is 0.427. The second kappa shape index (κ2) is 12.2. The van der Waals surface area contributed by atoms with Gasteiger partial charge in [-0.05, 0) is 75.0 Å². The second-order valence-corrected chi connectivity index (χ2v) is 9.58. The topological polar surface area (TPSA) is 93.1 Å². The molecule has 4 N–H and O–H groups in total. The van der Waals surface area contributed by atoms with Gasteiger partial charge in [0.15, 0.2) is 0 Å². The van der Waals surface area contributed by atoms with Gasteiger partial charge in [-0.15, -0.1) is 0 Å². The fourth-order valence-corrected chi connectivity index (χ4v) is 4.71. The molecule has 1 aromatic carbocycles. The van der Waals surface area contributed by atoms with Crippen molar-refractivity contribution in [1.82, 2.24) is 15.6 Å². The Morgan fingerprint density at radius 1 is 1.06 bits per heavy atom. The van der Waals surface area contributed by atoms with Gasteiger partial charge in [0.25, 0.3) is 5.91 Å². The Hall–Kier alpha value is -2.64. The van der Waals surface area contributed by atoms with E-state index >= 15 is 0 Å². The third-order valence-corrected chi connectivity index (χ3v) is 6.85. The summed E-state index contributed by atoms with van der Waals surface area (Å²) in [6.45, 7) is 4.41. The summed E-state index contributed by atoms with van der Waals surface area (Å²) in [5.41, 5.74) is 1.67. The van der Waals surface area contributed by atoms with Crippen molar-refractivity contribution in [1.29, 1.82) is 5.41 Å². The summed E-state index contributed by atoms with van der Waals surface area (Å²) in [5.74, 6) is 1.17. The Bertz CT molecular complexity index is 966. The monoisotopic (exact) mass is 482 g/mol. The van der Waals surface area contributed by atoms with Crippen molar-refractivity contribution in [2.24, 2.45) is 0 Å². The largest absolute Gasteiger partial charge is 0.369 e. The van der Waals surface area contributed by atoms with Crippen LogP contribution in [0.3, 0.4) is 0 Å². The van der Waals surface area contributed by atoms with Crippen LogP contribution >= 0.6 is 11.6 Å². The van der Waals surface area contributed by atoms with Gasteiger partial charge in [-0.1, -0.05) is 36.6 Å². The van der Waals surface area contributed by atoms with Crippen LogP contribution in [0.1, 0.15) is 49.7 Å². The first-order valence-electron chi connectivity index (χ1n) is 12.4. The Balaban J connectivity index is 1.50. The first-order chi connectivity index (χ1) is 16.6. The number of anilines is 2. The molecular weight excluding hydrogens is 448 g/mol. The molecule has 0 spiro atoms. The standard InChI is InChI=1S/C26H35ClN6O/c27-20-7-5-19(6-8-20)11-16-30-25-22(24(28)26(34)31-21-12-14-29-15-13-21)9-10-23(32-25)33-17-3-1-2-4-18-33/h5-10,21,28-29H,1-4,11-18H2,(H,30,32)(H,31,34). The van der Waals surface area contributed by atoms with E-state index in [-0.39, 0.29) is 17.7 Å². The third-order valence-electron chi connectivity index (χ3n) is 6.60. The molecule has 2 aliphatic heterocycles. The number of pyridine rings is 1. The maximum Gasteiger partial charge on any atom is 0.270 e. The molecule has 8 heteroatoms. The van der Waals surface area contributed by atoms with Crippen molar-refractivity contribution in [2.75, 3.05) is 42.9 Å². The number of aromatic nitrogens is 1. The van der Waals surface area contributed by atoms with Crippen LogP contribution < -0.4 is 20.9 Å². The number of piperidine rings is 1. The molecule has 2 aliphatic rings. The van der Waals surface area contributed by atoms with Crippen LogP contribution in [0.4, 0.5) is 11.6 Å². The highest BCUT2D eigenvalue weighted by molar-refractivity contribution is 6.45. The number of carbonyl (C=O) groups excluding carboxylic acids is 1. The van der Waals surface area contributed by atoms with Gasteiger partial charge in [0.2, 0.25) is 0 Å². The number of benzene rings is 1. The molecule has 0 saturated carbocycles. The molecule has 2 saturated heterocycles. The lowest BCUT2D eigenvalue weighted by Gasteiger charge is -2.25. The van der Waals surface area contributed by atoms with Crippen LogP contribution in [0.5, 0.6) is 0 Å². The zero-order valence-corrected chi connectivity index (χ0v) is 20.5. The molecule has 0 aliphatic carbocycles. The van der Waals surface area contributed by atoms with Crippen LogP contribution in [0.2, 0.25) is 5.02 Å². The van der Waals surface area contributed by atoms with Crippen molar-refractivity contribution in [3.05, 3.63) is 52.5 Å². The molecule has 2 aromatic rings. The number of nitrogens with one attached hydrogen (secondary N) is 4.